The van der Waals surface area contributed by atoms with E-state index in [1.165, 1.54) is 19.1 Å². The SMILES string of the molecule is CC(=O)N(c1nc(/C=C(\C#N)c2nc3ccccc3[nH]2)cs1)c1ccc(F)cc1F. The molecule has 2 aromatic carbocycles. The molecule has 0 atom stereocenters. The molecule has 30 heavy (non-hydrogen) atoms. The summed E-state index contributed by atoms with van der Waals surface area (Å²) in [5, 5.41) is 11.4. The molecule has 0 unspecified atom stereocenters. The Kier molecular flexibility index (Phi) is 5.08. The predicted octanol–water partition coefficient (Wildman–Crippen LogP) is 5.05. The van der Waals surface area contributed by atoms with Crippen molar-refractivity contribution in [2.45, 2.75) is 6.92 Å². The van der Waals surface area contributed by atoms with Crippen LogP contribution in [-0.2, 0) is 4.79 Å². The van der Waals surface area contributed by atoms with Crippen LogP contribution in [0.25, 0.3) is 22.7 Å². The number of hydrogen-bond acceptors (Lipinski definition) is 5. The second-order valence-electron chi connectivity index (χ2n) is 6.28. The fourth-order valence-corrected chi connectivity index (χ4v) is 3.73. The number of nitrogens with zero attached hydrogens (tertiary/aromatic N) is 4. The smallest absolute Gasteiger partial charge is 0.230 e. The Morgan fingerprint density at radius 1 is 1.23 bits per heavy atom. The van der Waals surface area contributed by atoms with Gasteiger partial charge in [0.2, 0.25) is 5.91 Å². The first-order valence-corrected chi connectivity index (χ1v) is 9.62. The molecule has 4 rings (SSSR count). The Hall–Kier alpha value is -3.90. The quantitative estimate of drug-likeness (QED) is 0.468. The van der Waals surface area contributed by atoms with Gasteiger partial charge in [-0.2, -0.15) is 5.26 Å². The van der Waals surface area contributed by atoms with E-state index in [9.17, 15) is 18.8 Å². The highest BCUT2D eigenvalue weighted by Crippen LogP contribution is 2.32. The van der Waals surface area contributed by atoms with E-state index in [0.717, 1.165) is 33.3 Å². The minimum atomic E-state index is -0.877. The highest BCUT2D eigenvalue weighted by Gasteiger charge is 2.21. The molecule has 1 N–H and O–H groups in total. The van der Waals surface area contributed by atoms with Crippen LogP contribution in [0, 0.1) is 23.0 Å². The zero-order valence-electron chi connectivity index (χ0n) is 15.6. The molecule has 2 heterocycles. The van der Waals surface area contributed by atoms with E-state index < -0.39 is 17.5 Å². The van der Waals surface area contributed by atoms with E-state index in [0.29, 0.717) is 17.6 Å². The summed E-state index contributed by atoms with van der Waals surface area (Å²) in [5.41, 5.74) is 2.07. The zero-order chi connectivity index (χ0) is 21.3. The van der Waals surface area contributed by atoms with Gasteiger partial charge < -0.3 is 4.98 Å². The molecule has 2 aromatic heterocycles. The molecule has 148 valence electrons. The second-order valence-corrected chi connectivity index (χ2v) is 7.11. The van der Waals surface area contributed by atoms with Gasteiger partial charge in [-0.05, 0) is 30.3 Å². The normalized spacial score (nSPS) is 11.5. The number of fused-ring (bicyclic) bond motifs is 1. The van der Waals surface area contributed by atoms with E-state index in [1.807, 2.05) is 24.3 Å². The van der Waals surface area contributed by atoms with Crippen molar-refractivity contribution in [1.82, 2.24) is 15.0 Å². The Bertz CT molecular complexity index is 1300. The molecule has 0 bridgehead atoms. The Morgan fingerprint density at radius 3 is 2.73 bits per heavy atom. The van der Waals surface area contributed by atoms with Gasteiger partial charge in [-0.15, -0.1) is 11.3 Å². The van der Waals surface area contributed by atoms with Gasteiger partial charge in [0.1, 0.15) is 23.5 Å². The number of nitrogens with one attached hydrogen (secondary N) is 1. The first-order valence-electron chi connectivity index (χ1n) is 8.74. The third-order valence-electron chi connectivity index (χ3n) is 4.22. The van der Waals surface area contributed by atoms with Crippen molar-refractivity contribution in [3.63, 3.8) is 0 Å². The summed E-state index contributed by atoms with van der Waals surface area (Å²) < 4.78 is 27.5. The number of allylic oxidation sites excluding steroid dienone is 1. The topological polar surface area (TPSA) is 85.7 Å². The van der Waals surface area contributed by atoms with E-state index in [1.54, 1.807) is 5.38 Å². The van der Waals surface area contributed by atoms with Crippen LogP contribution in [0.1, 0.15) is 18.4 Å². The number of imidazole rings is 1. The molecule has 0 aliphatic heterocycles. The number of anilines is 2. The van der Waals surface area contributed by atoms with Crippen LogP contribution in [0.3, 0.4) is 0 Å². The summed E-state index contributed by atoms with van der Waals surface area (Å²) in [4.78, 5) is 25.0. The number of rotatable bonds is 4. The molecular weight excluding hydrogens is 408 g/mol. The highest BCUT2D eigenvalue weighted by atomic mass is 32.1. The summed E-state index contributed by atoms with van der Waals surface area (Å²) >= 11 is 1.10. The van der Waals surface area contributed by atoms with Crippen LogP contribution in [-0.4, -0.2) is 20.9 Å². The molecule has 4 aromatic rings. The van der Waals surface area contributed by atoms with Crippen LogP contribution in [0.2, 0.25) is 0 Å². The number of halogens is 2. The molecule has 0 saturated carbocycles. The first-order chi connectivity index (χ1) is 14.5. The van der Waals surface area contributed by atoms with E-state index in [4.69, 9.17) is 0 Å². The lowest BCUT2D eigenvalue weighted by Crippen LogP contribution is -2.23. The van der Waals surface area contributed by atoms with Crippen LogP contribution < -0.4 is 4.90 Å². The Labute approximate surface area is 173 Å². The van der Waals surface area contributed by atoms with Crippen LogP contribution in [0.15, 0.2) is 47.8 Å². The van der Waals surface area contributed by atoms with Crippen LogP contribution >= 0.6 is 11.3 Å². The summed E-state index contributed by atoms with van der Waals surface area (Å²) in [6.45, 7) is 1.26. The van der Waals surface area contributed by atoms with Gasteiger partial charge in [0.05, 0.1) is 28.0 Å². The van der Waals surface area contributed by atoms with Crippen molar-refractivity contribution in [2.75, 3.05) is 4.90 Å². The summed E-state index contributed by atoms with van der Waals surface area (Å²) in [6, 6.07) is 12.4. The zero-order valence-corrected chi connectivity index (χ0v) is 16.4. The third kappa shape index (κ3) is 3.68. The Balaban J connectivity index is 1.71. The van der Waals surface area contributed by atoms with Crippen molar-refractivity contribution < 1.29 is 13.6 Å². The second kappa shape index (κ2) is 7.85. The molecule has 0 fully saturated rings. The summed E-state index contributed by atoms with van der Waals surface area (Å²) in [5.74, 6) is -1.71. The standard InChI is InChI=1S/C21H13F2N5OS/c1-12(29)28(19-7-6-14(22)9-16(19)23)21-25-15(11-30-21)8-13(10-24)20-26-17-4-2-3-5-18(17)27-20/h2-9,11H,1H3,(H,26,27)/b13-8+. The minimum Gasteiger partial charge on any atom is -0.337 e. The summed E-state index contributed by atoms with van der Waals surface area (Å²) in [7, 11) is 0. The van der Waals surface area contributed by atoms with Crippen molar-refractivity contribution in [2.24, 2.45) is 0 Å². The van der Waals surface area contributed by atoms with E-state index >= 15 is 0 Å². The first kappa shape index (κ1) is 19.4. The average molecular weight is 421 g/mol. The Morgan fingerprint density at radius 2 is 2.03 bits per heavy atom. The number of aromatic amines is 1. The van der Waals surface area contributed by atoms with Gasteiger partial charge in [0, 0.05) is 18.4 Å². The van der Waals surface area contributed by atoms with Crippen molar-refractivity contribution in [3.8, 4) is 6.07 Å². The van der Waals surface area contributed by atoms with Gasteiger partial charge in [0.15, 0.2) is 5.13 Å². The van der Waals surface area contributed by atoms with Crippen molar-refractivity contribution in [3.05, 3.63) is 71.0 Å². The molecule has 0 saturated heterocycles. The summed E-state index contributed by atoms with van der Waals surface area (Å²) in [6.07, 6.45) is 1.52. The van der Waals surface area contributed by atoms with Crippen molar-refractivity contribution in [1.29, 1.82) is 5.26 Å². The number of aromatic nitrogens is 3. The number of hydrogen-bond donors (Lipinski definition) is 1. The number of thiazole rings is 1. The molecule has 1 amide bonds. The fraction of sp³-hybridized carbons (Fsp3) is 0.0476. The fourth-order valence-electron chi connectivity index (χ4n) is 2.90. The lowest BCUT2D eigenvalue weighted by Gasteiger charge is -2.18. The highest BCUT2D eigenvalue weighted by molar-refractivity contribution is 7.14. The predicted molar refractivity (Wildman–Crippen MR) is 111 cm³/mol. The maximum Gasteiger partial charge on any atom is 0.230 e. The van der Waals surface area contributed by atoms with Crippen LogP contribution in [0.4, 0.5) is 19.6 Å². The molecular formula is C21H13F2N5OS. The number of amides is 1. The number of para-hydroxylation sites is 2. The molecule has 0 aliphatic rings. The van der Waals surface area contributed by atoms with Gasteiger partial charge >= 0.3 is 0 Å². The molecule has 0 radical (unpaired) electrons. The molecule has 6 nitrogen and oxygen atoms in total. The maximum absolute atomic E-state index is 14.2. The van der Waals surface area contributed by atoms with E-state index in [-0.39, 0.29) is 16.4 Å². The van der Waals surface area contributed by atoms with Crippen LogP contribution in [0.5, 0.6) is 0 Å². The van der Waals surface area contributed by atoms with Gasteiger partial charge in [0.25, 0.3) is 0 Å². The lowest BCUT2D eigenvalue weighted by molar-refractivity contribution is -0.115. The number of carbonyl (C=O) groups excluding carboxylic acids is 1. The van der Waals surface area contributed by atoms with Gasteiger partial charge in [-0.1, -0.05) is 12.1 Å². The lowest BCUT2D eigenvalue weighted by atomic mass is 10.2. The monoisotopic (exact) mass is 421 g/mol. The van der Waals surface area contributed by atoms with Gasteiger partial charge in [-0.25, -0.2) is 18.7 Å². The van der Waals surface area contributed by atoms with E-state index in [2.05, 4.69) is 21.0 Å². The number of H-pyrrole nitrogens is 1. The molecule has 0 aliphatic carbocycles. The number of carbonyl (C=O) groups is 1. The van der Waals surface area contributed by atoms with Crippen molar-refractivity contribution >= 4 is 50.7 Å². The average Bonchev–Trinajstić information content (AvgIpc) is 3.34. The third-order valence-corrected chi connectivity index (χ3v) is 5.07. The molecule has 0 spiro atoms. The molecule has 9 heteroatoms. The maximum atomic E-state index is 14.2. The largest absolute Gasteiger partial charge is 0.337 e. The minimum absolute atomic E-state index is 0.105. The van der Waals surface area contributed by atoms with Gasteiger partial charge in [-0.3, -0.25) is 9.69 Å². The number of benzene rings is 2. The number of nitriles is 1.